The summed E-state index contributed by atoms with van der Waals surface area (Å²) in [5.74, 6) is 0.670. The number of nitrogens with zero attached hydrogens (tertiary/aromatic N) is 1. The van der Waals surface area contributed by atoms with E-state index in [0.29, 0.717) is 10.8 Å². The number of nitrogens with one attached hydrogen (secondary N) is 1. The smallest absolute Gasteiger partial charge is 0.149 e. The highest BCUT2D eigenvalue weighted by Gasteiger charge is 2.05. The second-order valence-electron chi connectivity index (χ2n) is 3.86. The van der Waals surface area contributed by atoms with Crippen LogP contribution < -0.4 is 5.32 Å². The molecule has 0 radical (unpaired) electrons. The number of hydrogen-bond donors (Lipinski definition) is 1. The Kier molecular flexibility index (Phi) is 3.69. The van der Waals surface area contributed by atoms with Gasteiger partial charge in [0, 0.05) is 16.4 Å². The van der Waals surface area contributed by atoms with Crippen LogP contribution >= 0.6 is 27.5 Å². The van der Waals surface area contributed by atoms with Crippen LogP contribution in [0.15, 0.2) is 34.9 Å². The van der Waals surface area contributed by atoms with Gasteiger partial charge in [0.1, 0.15) is 5.82 Å². The molecule has 1 N–H and O–H groups in total. The van der Waals surface area contributed by atoms with Crippen LogP contribution in [0.2, 0.25) is 5.02 Å². The Balaban J connectivity index is 2.35. The Hall–Kier alpha value is -1.06. The van der Waals surface area contributed by atoms with Crippen molar-refractivity contribution in [3.05, 3.63) is 51.1 Å². The third kappa shape index (κ3) is 2.79. The fourth-order valence-electron chi connectivity index (χ4n) is 1.52. The number of halogens is 2. The van der Waals surface area contributed by atoms with Crippen molar-refractivity contribution in [2.45, 2.75) is 13.8 Å². The number of pyridine rings is 1. The molecule has 0 bridgehead atoms. The normalized spacial score (nSPS) is 10.4. The minimum absolute atomic E-state index is 0.597. The van der Waals surface area contributed by atoms with Gasteiger partial charge >= 0.3 is 0 Å². The van der Waals surface area contributed by atoms with E-state index in [1.54, 1.807) is 6.20 Å². The monoisotopic (exact) mass is 310 g/mol. The SMILES string of the molecule is Cc1cccc(Nc2ncc(Br)cc2Cl)c1C. The van der Waals surface area contributed by atoms with Gasteiger partial charge in [-0.1, -0.05) is 23.7 Å². The summed E-state index contributed by atoms with van der Waals surface area (Å²) >= 11 is 9.45. The Morgan fingerprint density at radius 3 is 2.76 bits per heavy atom. The molecule has 1 aromatic heterocycles. The number of aromatic nitrogens is 1. The van der Waals surface area contributed by atoms with Crippen LogP contribution in [0.3, 0.4) is 0 Å². The van der Waals surface area contributed by atoms with Crippen LogP contribution in [-0.2, 0) is 0 Å². The summed E-state index contributed by atoms with van der Waals surface area (Å²) in [6.45, 7) is 4.15. The summed E-state index contributed by atoms with van der Waals surface area (Å²) in [7, 11) is 0. The zero-order valence-corrected chi connectivity index (χ0v) is 11.9. The van der Waals surface area contributed by atoms with Gasteiger partial charge in [0.05, 0.1) is 5.02 Å². The zero-order chi connectivity index (χ0) is 12.4. The lowest BCUT2D eigenvalue weighted by Crippen LogP contribution is -1.97. The summed E-state index contributed by atoms with van der Waals surface area (Å²) in [6.07, 6.45) is 1.72. The predicted octanol–water partition coefficient (Wildman–Crippen LogP) is 4.86. The van der Waals surface area contributed by atoms with Gasteiger partial charge in [-0.05, 0) is 53.0 Å². The highest BCUT2D eigenvalue weighted by molar-refractivity contribution is 9.10. The second-order valence-corrected chi connectivity index (χ2v) is 5.18. The van der Waals surface area contributed by atoms with Crippen molar-refractivity contribution in [3.8, 4) is 0 Å². The van der Waals surface area contributed by atoms with E-state index in [-0.39, 0.29) is 0 Å². The van der Waals surface area contributed by atoms with E-state index in [0.717, 1.165) is 10.2 Å². The number of rotatable bonds is 2. The molecular formula is C13H12BrClN2. The molecular weight excluding hydrogens is 300 g/mol. The molecule has 0 atom stereocenters. The minimum Gasteiger partial charge on any atom is -0.339 e. The van der Waals surface area contributed by atoms with Crippen molar-refractivity contribution in [2.75, 3.05) is 5.32 Å². The van der Waals surface area contributed by atoms with Gasteiger partial charge in [0.2, 0.25) is 0 Å². The molecule has 1 aromatic carbocycles. The van der Waals surface area contributed by atoms with Gasteiger partial charge in [0.25, 0.3) is 0 Å². The van der Waals surface area contributed by atoms with E-state index < -0.39 is 0 Å². The van der Waals surface area contributed by atoms with Gasteiger partial charge in [-0.3, -0.25) is 0 Å². The third-order valence-electron chi connectivity index (χ3n) is 2.67. The maximum absolute atomic E-state index is 6.12. The van der Waals surface area contributed by atoms with Gasteiger partial charge in [-0.25, -0.2) is 4.98 Å². The van der Waals surface area contributed by atoms with E-state index in [2.05, 4.69) is 46.1 Å². The van der Waals surface area contributed by atoms with Crippen LogP contribution in [0.25, 0.3) is 0 Å². The summed E-state index contributed by atoms with van der Waals surface area (Å²) < 4.78 is 0.869. The van der Waals surface area contributed by atoms with Crippen molar-refractivity contribution in [1.29, 1.82) is 0 Å². The topological polar surface area (TPSA) is 24.9 Å². The Morgan fingerprint density at radius 1 is 1.29 bits per heavy atom. The molecule has 17 heavy (non-hydrogen) atoms. The zero-order valence-electron chi connectivity index (χ0n) is 9.59. The van der Waals surface area contributed by atoms with E-state index in [1.807, 2.05) is 18.2 Å². The molecule has 1 heterocycles. The second kappa shape index (κ2) is 5.07. The van der Waals surface area contributed by atoms with Crippen LogP contribution in [-0.4, -0.2) is 4.98 Å². The predicted molar refractivity (Wildman–Crippen MR) is 76.1 cm³/mol. The Morgan fingerprint density at radius 2 is 2.06 bits per heavy atom. The summed E-state index contributed by atoms with van der Waals surface area (Å²) in [6, 6.07) is 7.93. The van der Waals surface area contributed by atoms with Crippen LogP contribution in [0.5, 0.6) is 0 Å². The molecule has 0 unspecified atom stereocenters. The van der Waals surface area contributed by atoms with Crippen LogP contribution in [0.1, 0.15) is 11.1 Å². The fraction of sp³-hybridized carbons (Fsp3) is 0.154. The fourth-order valence-corrected chi connectivity index (χ4v) is 2.20. The maximum atomic E-state index is 6.12. The summed E-state index contributed by atoms with van der Waals surface area (Å²) in [5.41, 5.74) is 3.47. The van der Waals surface area contributed by atoms with E-state index in [9.17, 15) is 0 Å². The molecule has 0 fully saturated rings. The first-order valence-electron chi connectivity index (χ1n) is 5.22. The molecule has 4 heteroatoms. The van der Waals surface area contributed by atoms with Crippen molar-refractivity contribution < 1.29 is 0 Å². The number of aryl methyl sites for hydroxylation is 1. The van der Waals surface area contributed by atoms with E-state index in [1.165, 1.54) is 11.1 Å². The van der Waals surface area contributed by atoms with Crippen LogP contribution in [0.4, 0.5) is 11.5 Å². The number of hydrogen-bond acceptors (Lipinski definition) is 2. The quantitative estimate of drug-likeness (QED) is 0.857. The Bertz CT molecular complexity index is 555. The molecule has 2 rings (SSSR count). The lowest BCUT2D eigenvalue weighted by atomic mass is 10.1. The number of anilines is 2. The maximum Gasteiger partial charge on any atom is 0.149 e. The van der Waals surface area contributed by atoms with E-state index >= 15 is 0 Å². The minimum atomic E-state index is 0.597. The first-order chi connectivity index (χ1) is 8.08. The number of benzene rings is 1. The van der Waals surface area contributed by atoms with Gasteiger partial charge < -0.3 is 5.32 Å². The van der Waals surface area contributed by atoms with Crippen molar-refractivity contribution in [3.63, 3.8) is 0 Å². The highest BCUT2D eigenvalue weighted by Crippen LogP contribution is 2.28. The molecule has 0 aliphatic heterocycles. The van der Waals surface area contributed by atoms with Crippen LogP contribution in [0, 0.1) is 13.8 Å². The molecule has 0 saturated carbocycles. The lowest BCUT2D eigenvalue weighted by molar-refractivity contribution is 1.27. The first kappa shape index (κ1) is 12.4. The average Bonchev–Trinajstić information content (AvgIpc) is 2.28. The first-order valence-corrected chi connectivity index (χ1v) is 6.39. The molecule has 88 valence electrons. The lowest BCUT2D eigenvalue weighted by Gasteiger charge is -2.11. The molecule has 0 aliphatic carbocycles. The summed E-state index contributed by atoms with van der Waals surface area (Å²) in [4.78, 5) is 4.25. The van der Waals surface area contributed by atoms with Crippen molar-refractivity contribution in [1.82, 2.24) is 4.98 Å². The molecule has 0 spiro atoms. The van der Waals surface area contributed by atoms with Crippen molar-refractivity contribution in [2.24, 2.45) is 0 Å². The highest BCUT2D eigenvalue weighted by atomic mass is 79.9. The van der Waals surface area contributed by atoms with Gasteiger partial charge in [-0.2, -0.15) is 0 Å². The largest absolute Gasteiger partial charge is 0.339 e. The van der Waals surface area contributed by atoms with Gasteiger partial charge in [0.15, 0.2) is 0 Å². The van der Waals surface area contributed by atoms with E-state index in [4.69, 9.17) is 11.6 Å². The Labute approximate surface area is 114 Å². The molecule has 2 nitrogen and oxygen atoms in total. The van der Waals surface area contributed by atoms with Gasteiger partial charge in [-0.15, -0.1) is 0 Å². The molecule has 2 aromatic rings. The average molecular weight is 312 g/mol. The van der Waals surface area contributed by atoms with Crippen molar-refractivity contribution >= 4 is 39.0 Å². The summed E-state index contributed by atoms with van der Waals surface area (Å²) in [5, 5.41) is 3.84. The molecule has 0 aliphatic rings. The standard InChI is InChI=1S/C13H12BrClN2/c1-8-4-3-5-12(9(8)2)17-13-11(15)6-10(14)7-16-13/h3-7H,1-2H3,(H,16,17). The third-order valence-corrected chi connectivity index (χ3v) is 3.39. The molecule has 0 amide bonds. The molecule has 0 saturated heterocycles.